The molecular weight excluding hydrogens is 288 g/mol. The van der Waals surface area contributed by atoms with Gasteiger partial charge in [0.15, 0.2) is 5.65 Å². The van der Waals surface area contributed by atoms with Crippen molar-refractivity contribution < 1.29 is 9.90 Å². The quantitative estimate of drug-likeness (QED) is 0.867. The zero-order valence-electron chi connectivity index (χ0n) is 12.6. The van der Waals surface area contributed by atoms with Crippen molar-refractivity contribution in [2.75, 3.05) is 12.9 Å². The highest BCUT2D eigenvalue weighted by atomic mass is 32.2. The van der Waals surface area contributed by atoms with E-state index in [2.05, 4.69) is 15.4 Å². The predicted octanol–water partition coefficient (Wildman–Crippen LogP) is 1.19. The molecule has 2 N–H and O–H groups in total. The molecule has 0 radical (unpaired) electrons. The molecule has 0 saturated carbocycles. The highest BCUT2D eigenvalue weighted by Gasteiger charge is 2.20. The van der Waals surface area contributed by atoms with Crippen LogP contribution in [-0.4, -0.2) is 49.8 Å². The Balaban J connectivity index is 2.25. The third-order valence-electron chi connectivity index (χ3n) is 3.49. The van der Waals surface area contributed by atoms with Gasteiger partial charge in [0.25, 0.3) is 5.91 Å². The van der Waals surface area contributed by atoms with E-state index in [9.17, 15) is 9.90 Å². The Bertz CT molecular complexity index is 652. The van der Waals surface area contributed by atoms with Crippen molar-refractivity contribution >= 4 is 23.3 Å². The Kier molecular flexibility index (Phi) is 4.84. The fraction of sp³-hybridized carbons (Fsp3) is 0.500. The molecule has 0 saturated heterocycles. The van der Waals surface area contributed by atoms with E-state index in [0.29, 0.717) is 5.56 Å². The van der Waals surface area contributed by atoms with E-state index in [1.165, 1.54) is 11.8 Å². The number of fused-ring (bicyclic) bond motifs is 1. The van der Waals surface area contributed by atoms with E-state index >= 15 is 0 Å². The zero-order valence-corrected chi connectivity index (χ0v) is 13.4. The van der Waals surface area contributed by atoms with Gasteiger partial charge in [0.1, 0.15) is 0 Å². The van der Waals surface area contributed by atoms with E-state index < -0.39 is 0 Å². The number of rotatable bonds is 5. The van der Waals surface area contributed by atoms with E-state index in [1.807, 2.05) is 33.1 Å². The Hall–Kier alpha value is -1.60. The summed E-state index contributed by atoms with van der Waals surface area (Å²) >= 11 is 1.53. The van der Waals surface area contributed by atoms with Gasteiger partial charge >= 0.3 is 0 Å². The summed E-state index contributed by atoms with van der Waals surface area (Å²) in [5, 5.41) is 16.5. The summed E-state index contributed by atoms with van der Waals surface area (Å²) in [6.07, 6.45) is 3.48. The van der Waals surface area contributed by atoms with E-state index in [4.69, 9.17) is 0 Å². The maximum absolute atomic E-state index is 12.4. The number of amides is 1. The van der Waals surface area contributed by atoms with Crippen LogP contribution in [0, 0.1) is 13.8 Å². The number of carbonyl (C=O) groups is 1. The highest BCUT2D eigenvalue weighted by molar-refractivity contribution is 7.99. The number of nitrogens with one attached hydrogen (secondary N) is 1. The smallest absolute Gasteiger partial charge is 0.254 e. The van der Waals surface area contributed by atoms with Crippen molar-refractivity contribution in [1.29, 1.82) is 0 Å². The van der Waals surface area contributed by atoms with Crippen LogP contribution in [0.15, 0.2) is 12.3 Å². The number of hydrogen-bond donors (Lipinski definition) is 2. The number of aryl methyl sites for hydroxylation is 2. The first-order chi connectivity index (χ1) is 9.97. The first kappa shape index (κ1) is 15.8. The predicted molar refractivity (Wildman–Crippen MR) is 83.8 cm³/mol. The lowest BCUT2D eigenvalue weighted by Gasteiger charge is -2.21. The molecule has 114 valence electrons. The van der Waals surface area contributed by atoms with Crippen molar-refractivity contribution in [2.45, 2.75) is 32.1 Å². The van der Waals surface area contributed by atoms with Gasteiger partial charge in [-0.2, -0.15) is 16.9 Å². The summed E-state index contributed by atoms with van der Waals surface area (Å²) in [4.78, 5) is 16.6. The van der Waals surface area contributed by atoms with Crippen LogP contribution < -0.4 is 5.32 Å². The lowest BCUT2D eigenvalue weighted by atomic mass is 10.2. The second-order valence-corrected chi connectivity index (χ2v) is 6.11. The van der Waals surface area contributed by atoms with Gasteiger partial charge in [0.05, 0.1) is 23.6 Å². The molecule has 0 aliphatic rings. The number of thioether (sulfide) groups is 1. The molecular formula is C14H20N4O2S. The van der Waals surface area contributed by atoms with Crippen molar-refractivity contribution in [2.24, 2.45) is 0 Å². The van der Waals surface area contributed by atoms with Gasteiger partial charge in [-0.3, -0.25) is 4.79 Å². The second-order valence-electron chi connectivity index (χ2n) is 5.03. The number of nitrogens with zero attached hydrogens (tertiary/aromatic N) is 3. The van der Waals surface area contributed by atoms with Gasteiger partial charge in [-0.25, -0.2) is 9.50 Å². The third kappa shape index (κ3) is 3.19. The Morgan fingerprint density at radius 3 is 2.86 bits per heavy atom. The molecule has 7 heteroatoms. The SMILES string of the molecule is CSC(CO)C(C)NC(=O)c1cnc2cc(C)nn2c1C. The van der Waals surface area contributed by atoms with Crippen molar-refractivity contribution in [3.05, 3.63) is 29.2 Å². The number of aliphatic hydroxyl groups is 1. The molecule has 0 spiro atoms. The molecule has 2 heterocycles. The molecule has 2 aromatic heterocycles. The summed E-state index contributed by atoms with van der Waals surface area (Å²) < 4.78 is 1.67. The molecule has 1 amide bonds. The number of carbonyl (C=O) groups excluding carboxylic acids is 1. The molecule has 2 unspecified atom stereocenters. The molecule has 0 fully saturated rings. The standard InChI is InChI=1S/C14H20N4O2S/c1-8-5-13-15-6-11(10(3)18(13)17-8)14(20)16-9(2)12(7-19)21-4/h5-6,9,12,19H,7H2,1-4H3,(H,16,20). The van der Waals surface area contributed by atoms with Gasteiger partial charge in [-0.1, -0.05) is 0 Å². The molecule has 21 heavy (non-hydrogen) atoms. The minimum Gasteiger partial charge on any atom is -0.395 e. The van der Waals surface area contributed by atoms with Crippen molar-refractivity contribution in [1.82, 2.24) is 19.9 Å². The van der Waals surface area contributed by atoms with E-state index in [-0.39, 0.29) is 23.8 Å². The van der Waals surface area contributed by atoms with Gasteiger partial charge < -0.3 is 10.4 Å². The number of aliphatic hydroxyl groups excluding tert-OH is 1. The fourth-order valence-corrected chi connectivity index (χ4v) is 2.83. The highest BCUT2D eigenvalue weighted by Crippen LogP contribution is 2.14. The van der Waals surface area contributed by atoms with Gasteiger partial charge in [0, 0.05) is 23.6 Å². The average molecular weight is 308 g/mol. The van der Waals surface area contributed by atoms with Crippen LogP contribution in [0.25, 0.3) is 5.65 Å². The molecule has 0 aliphatic heterocycles. The van der Waals surface area contributed by atoms with Crippen molar-refractivity contribution in [3.63, 3.8) is 0 Å². The van der Waals surface area contributed by atoms with Crippen LogP contribution in [0.3, 0.4) is 0 Å². The average Bonchev–Trinajstić information content (AvgIpc) is 2.82. The Labute approximate surface area is 128 Å². The minimum absolute atomic E-state index is 0.0250. The summed E-state index contributed by atoms with van der Waals surface area (Å²) in [7, 11) is 0. The van der Waals surface area contributed by atoms with Crippen LogP contribution in [0.4, 0.5) is 0 Å². The molecule has 2 rings (SSSR count). The first-order valence-electron chi connectivity index (χ1n) is 6.74. The second kappa shape index (κ2) is 6.44. The minimum atomic E-state index is -0.199. The van der Waals surface area contributed by atoms with Crippen LogP contribution >= 0.6 is 11.8 Å². The molecule has 0 aromatic carbocycles. The Morgan fingerprint density at radius 1 is 1.52 bits per heavy atom. The first-order valence-corrected chi connectivity index (χ1v) is 8.03. The summed E-state index contributed by atoms with van der Waals surface area (Å²) in [5.41, 5.74) is 2.84. The fourth-order valence-electron chi connectivity index (χ4n) is 2.20. The molecule has 2 aromatic rings. The number of hydrogen-bond acceptors (Lipinski definition) is 5. The number of aromatic nitrogens is 3. The molecule has 0 bridgehead atoms. The lowest BCUT2D eigenvalue weighted by Crippen LogP contribution is -2.41. The van der Waals surface area contributed by atoms with Gasteiger partial charge in [0.2, 0.25) is 0 Å². The topological polar surface area (TPSA) is 79.5 Å². The van der Waals surface area contributed by atoms with Crippen LogP contribution in [0.5, 0.6) is 0 Å². The Morgan fingerprint density at radius 2 is 2.24 bits per heavy atom. The van der Waals surface area contributed by atoms with Gasteiger partial charge in [-0.15, -0.1) is 0 Å². The summed E-state index contributed by atoms with van der Waals surface area (Å²) in [5.74, 6) is -0.199. The third-order valence-corrected chi connectivity index (χ3v) is 4.65. The van der Waals surface area contributed by atoms with E-state index in [1.54, 1.807) is 10.7 Å². The van der Waals surface area contributed by atoms with Crippen LogP contribution in [0.2, 0.25) is 0 Å². The molecule has 2 atom stereocenters. The van der Waals surface area contributed by atoms with Gasteiger partial charge in [-0.05, 0) is 27.0 Å². The van der Waals surface area contributed by atoms with Crippen LogP contribution in [-0.2, 0) is 0 Å². The van der Waals surface area contributed by atoms with Crippen molar-refractivity contribution in [3.8, 4) is 0 Å². The maximum Gasteiger partial charge on any atom is 0.254 e. The molecule has 6 nitrogen and oxygen atoms in total. The largest absolute Gasteiger partial charge is 0.395 e. The maximum atomic E-state index is 12.4. The normalized spacial score (nSPS) is 14.1. The summed E-state index contributed by atoms with van der Waals surface area (Å²) in [6.45, 7) is 5.64. The lowest BCUT2D eigenvalue weighted by molar-refractivity contribution is 0.0934. The monoisotopic (exact) mass is 308 g/mol. The van der Waals surface area contributed by atoms with Crippen LogP contribution in [0.1, 0.15) is 28.7 Å². The summed E-state index contributed by atoms with van der Waals surface area (Å²) in [6, 6.07) is 1.74. The molecule has 0 aliphatic carbocycles. The zero-order chi connectivity index (χ0) is 15.6. The van der Waals surface area contributed by atoms with E-state index in [0.717, 1.165) is 17.0 Å².